The summed E-state index contributed by atoms with van der Waals surface area (Å²) in [5.74, 6) is 0. The summed E-state index contributed by atoms with van der Waals surface area (Å²) in [7, 11) is 0. The first-order valence-electron chi connectivity index (χ1n) is 5.62. The summed E-state index contributed by atoms with van der Waals surface area (Å²) in [6, 6.07) is 6.81. The molecule has 0 amide bonds. The Morgan fingerprint density at radius 1 is 1.20 bits per heavy atom. The minimum absolute atomic E-state index is 0.177. The molecule has 0 bridgehead atoms. The Bertz CT molecular complexity index is 334. The van der Waals surface area contributed by atoms with E-state index in [1.54, 1.807) is 0 Å². The Morgan fingerprint density at radius 3 is 2.33 bits per heavy atom. The maximum absolute atomic E-state index is 6.20. The highest BCUT2D eigenvalue weighted by Gasteiger charge is 2.21. The summed E-state index contributed by atoms with van der Waals surface area (Å²) < 4.78 is 0. The van der Waals surface area contributed by atoms with Gasteiger partial charge in [-0.3, -0.25) is 0 Å². The smallest absolute Gasteiger partial charge is 0.0128 e. The molecule has 0 saturated heterocycles. The van der Waals surface area contributed by atoms with Gasteiger partial charge in [-0.05, 0) is 36.8 Å². The molecule has 0 saturated carbocycles. The molecule has 1 nitrogen and oxygen atoms in total. The minimum atomic E-state index is 0.177. The number of nitrogens with two attached hydrogens (primary N) is 1. The van der Waals surface area contributed by atoms with Crippen molar-refractivity contribution >= 4 is 0 Å². The average molecular weight is 205 g/mol. The van der Waals surface area contributed by atoms with Crippen molar-refractivity contribution < 1.29 is 0 Å². The van der Waals surface area contributed by atoms with E-state index in [4.69, 9.17) is 5.73 Å². The van der Waals surface area contributed by atoms with Gasteiger partial charge < -0.3 is 5.73 Å². The summed E-state index contributed by atoms with van der Waals surface area (Å²) in [4.78, 5) is 0. The number of hydrogen-bond donors (Lipinski definition) is 1. The van der Waals surface area contributed by atoms with Crippen molar-refractivity contribution in [2.75, 3.05) is 0 Å². The maximum atomic E-state index is 6.20. The number of benzene rings is 1. The van der Waals surface area contributed by atoms with Crippen molar-refractivity contribution in [1.82, 2.24) is 0 Å². The van der Waals surface area contributed by atoms with Gasteiger partial charge in [-0.25, -0.2) is 0 Å². The summed E-state index contributed by atoms with van der Waals surface area (Å²) in [6.07, 6.45) is 0.969. The van der Waals surface area contributed by atoms with Crippen LogP contribution in [0.3, 0.4) is 0 Å². The van der Waals surface area contributed by atoms with E-state index in [2.05, 4.69) is 52.8 Å². The van der Waals surface area contributed by atoms with Gasteiger partial charge in [0.05, 0.1) is 0 Å². The van der Waals surface area contributed by atoms with E-state index < -0.39 is 0 Å². The van der Waals surface area contributed by atoms with Crippen LogP contribution in [0.15, 0.2) is 18.2 Å². The molecule has 1 heteroatoms. The molecule has 1 rings (SSSR count). The molecule has 0 spiro atoms. The minimum Gasteiger partial charge on any atom is -0.327 e. The van der Waals surface area contributed by atoms with Crippen LogP contribution >= 0.6 is 0 Å². The van der Waals surface area contributed by atoms with Crippen LogP contribution in [0.5, 0.6) is 0 Å². The van der Waals surface area contributed by atoms with Gasteiger partial charge in [0.15, 0.2) is 0 Å². The SMILES string of the molecule is Cc1ccc(C)c(CC(N)C(C)(C)C)c1. The highest BCUT2D eigenvalue weighted by molar-refractivity contribution is 5.31. The molecule has 0 radical (unpaired) electrons. The van der Waals surface area contributed by atoms with E-state index in [9.17, 15) is 0 Å². The molecule has 0 heterocycles. The molecule has 0 aliphatic carbocycles. The van der Waals surface area contributed by atoms with Crippen molar-refractivity contribution in [2.24, 2.45) is 11.1 Å². The summed E-state index contributed by atoms with van der Waals surface area (Å²) in [6.45, 7) is 10.9. The first-order chi connectivity index (χ1) is 6.80. The van der Waals surface area contributed by atoms with Crippen molar-refractivity contribution in [2.45, 2.75) is 47.1 Å². The Kier molecular flexibility index (Phi) is 3.56. The van der Waals surface area contributed by atoms with Crippen LogP contribution in [0.4, 0.5) is 0 Å². The van der Waals surface area contributed by atoms with E-state index in [-0.39, 0.29) is 11.5 Å². The van der Waals surface area contributed by atoms with Crippen LogP contribution in [0.1, 0.15) is 37.5 Å². The highest BCUT2D eigenvalue weighted by Crippen LogP contribution is 2.22. The topological polar surface area (TPSA) is 26.0 Å². The summed E-state index contributed by atoms with van der Waals surface area (Å²) in [5.41, 5.74) is 10.4. The molecule has 0 fully saturated rings. The Morgan fingerprint density at radius 2 is 1.80 bits per heavy atom. The standard InChI is InChI=1S/C14H23N/c1-10-6-7-11(2)12(8-10)9-13(15)14(3,4)5/h6-8,13H,9,15H2,1-5H3. The van der Waals surface area contributed by atoms with Gasteiger partial charge in [0.2, 0.25) is 0 Å². The molecular formula is C14H23N. The zero-order valence-electron chi connectivity index (χ0n) is 10.6. The van der Waals surface area contributed by atoms with Crippen LogP contribution in [0, 0.1) is 19.3 Å². The number of hydrogen-bond acceptors (Lipinski definition) is 1. The fraction of sp³-hybridized carbons (Fsp3) is 0.571. The Hall–Kier alpha value is -0.820. The number of rotatable bonds is 2. The van der Waals surface area contributed by atoms with E-state index in [1.807, 2.05) is 0 Å². The second-order valence-corrected chi connectivity index (χ2v) is 5.61. The van der Waals surface area contributed by atoms with Crippen molar-refractivity contribution in [3.8, 4) is 0 Å². The van der Waals surface area contributed by atoms with Crippen LogP contribution in [0.2, 0.25) is 0 Å². The van der Waals surface area contributed by atoms with Crippen molar-refractivity contribution in [3.63, 3.8) is 0 Å². The molecule has 0 aliphatic rings. The molecule has 84 valence electrons. The molecule has 0 aliphatic heterocycles. The predicted molar refractivity (Wildman–Crippen MR) is 67.1 cm³/mol. The highest BCUT2D eigenvalue weighted by atomic mass is 14.7. The number of aryl methyl sites for hydroxylation is 2. The molecule has 1 aromatic carbocycles. The lowest BCUT2D eigenvalue weighted by Gasteiger charge is -2.27. The normalized spacial score (nSPS) is 14.0. The summed E-state index contributed by atoms with van der Waals surface area (Å²) in [5, 5.41) is 0. The van der Waals surface area contributed by atoms with E-state index in [0.29, 0.717) is 0 Å². The zero-order valence-corrected chi connectivity index (χ0v) is 10.6. The third kappa shape index (κ3) is 3.35. The third-order valence-corrected chi connectivity index (χ3v) is 3.06. The van der Waals surface area contributed by atoms with Crippen LogP contribution in [-0.2, 0) is 6.42 Å². The van der Waals surface area contributed by atoms with Crippen LogP contribution < -0.4 is 5.73 Å². The van der Waals surface area contributed by atoms with Gasteiger partial charge in [-0.15, -0.1) is 0 Å². The molecular weight excluding hydrogens is 182 g/mol. The van der Waals surface area contributed by atoms with Gasteiger partial charge in [-0.1, -0.05) is 44.5 Å². The second-order valence-electron chi connectivity index (χ2n) is 5.61. The van der Waals surface area contributed by atoms with Crippen molar-refractivity contribution in [3.05, 3.63) is 34.9 Å². The molecule has 1 aromatic rings. The largest absolute Gasteiger partial charge is 0.327 e. The molecule has 1 atom stereocenters. The van der Waals surface area contributed by atoms with Gasteiger partial charge >= 0.3 is 0 Å². The van der Waals surface area contributed by atoms with Gasteiger partial charge in [0.25, 0.3) is 0 Å². The fourth-order valence-electron chi connectivity index (χ4n) is 1.56. The lowest BCUT2D eigenvalue weighted by Crippen LogP contribution is -2.37. The molecule has 1 unspecified atom stereocenters. The zero-order chi connectivity index (χ0) is 11.6. The lowest BCUT2D eigenvalue weighted by atomic mass is 9.83. The van der Waals surface area contributed by atoms with Gasteiger partial charge in [0, 0.05) is 6.04 Å². The molecule has 2 N–H and O–H groups in total. The van der Waals surface area contributed by atoms with Crippen LogP contribution in [-0.4, -0.2) is 6.04 Å². The van der Waals surface area contributed by atoms with Gasteiger partial charge in [-0.2, -0.15) is 0 Å². The van der Waals surface area contributed by atoms with Gasteiger partial charge in [0.1, 0.15) is 0 Å². The molecule has 0 aromatic heterocycles. The monoisotopic (exact) mass is 205 g/mol. The van der Waals surface area contributed by atoms with E-state index >= 15 is 0 Å². The van der Waals surface area contributed by atoms with E-state index in [0.717, 1.165) is 6.42 Å². The first kappa shape index (κ1) is 12.3. The third-order valence-electron chi connectivity index (χ3n) is 3.06. The van der Waals surface area contributed by atoms with Crippen LogP contribution in [0.25, 0.3) is 0 Å². The average Bonchev–Trinajstić information content (AvgIpc) is 2.09. The van der Waals surface area contributed by atoms with Crippen molar-refractivity contribution in [1.29, 1.82) is 0 Å². The molecule has 15 heavy (non-hydrogen) atoms. The van der Waals surface area contributed by atoms with E-state index in [1.165, 1.54) is 16.7 Å². The quantitative estimate of drug-likeness (QED) is 0.788. The first-order valence-corrected chi connectivity index (χ1v) is 5.62. The second kappa shape index (κ2) is 4.36. The predicted octanol–water partition coefficient (Wildman–Crippen LogP) is 3.22. The Balaban J connectivity index is 2.85. The Labute approximate surface area is 93.7 Å². The maximum Gasteiger partial charge on any atom is 0.0128 e. The summed E-state index contributed by atoms with van der Waals surface area (Å²) >= 11 is 0. The fourth-order valence-corrected chi connectivity index (χ4v) is 1.56. The lowest BCUT2D eigenvalue weighted by molar-refractivity contribution is 0.318.